The zero-order chi connectivity index (χ0) is 36.2. The second-order valence-electron chi connectivity index (χ2n) is 13.5. The Hall–Kier alpha value is -4.96. The Morgan fingerprint density at radius 1 is 0.922 bits per heavy atom. The number of urea groups is 1. The lowest BCUT2D eigenvalue weighted by Crippen LogP contribution is -2.21. The molecule has 4 aromatic carbocycles. The van der Waals surface area contributed by atoms with Crippen molar-refractivity contribution in [1.82, 2.24) is 19.7 Å². The van der Waals surface area contributed by atoms with Crippen LogP contribution < -0.4 is 20.7 Å². The maximum Gasteiger partial charge on any atom is 0.324 e. The van der Waals surface area contributed by atoms with Crippen LogP contribution in [0.1, 0.15) is 37.9 Å². The molecule has 0 aliphatic rings. The van der Waals surface area contributed by atoms with E-state index in [0.29, 0.717) is 41.1 Å². The third-order valence-corrected chi connectivity index (χ3v) is 10.6. The molecule has 2 amide bonds. The van der Waals surface area contributed by atoms with Gasteiger partial charge in [0.25, 0.3) is 0 Å². The number of fused-ring (bicyclic) bond motifs is 1. The van der Waals surface area contributed by atoms with Gasteiger partial charge in [-0.05, 0) is 67.4 Å². The molecule has 0 saturated heterocycles. The molecule has 2 heterocycles. The number of aliphatic hydroxyl groups is 1. The van der Waals surface area contributed by atoms with Crippen LogP contribution in [0.2, 0.25) is 0 Å². The van der Waals surface area contributed by atoms with Crippen molar-refractivity contribution < 1.29 is 19.2 Å². The van der Waals surface area contributed by atoms with Crippen LogP contribution >= 0.6 is 18.9 Å². The molecule has 262 valence electrons. The molecule has 6 aromatic rings. The highest BCUT2D eigenvalue weighted by Gasteiger charge is 2.22. The molecular weight excluding hydrogens is 680 g/mol. The molecule has 0 unspecified atom stereocenters. The number of anilines is 2. The lowest BCUT2D eigenvalue weighted by molar-refractivity contribution is 0.262. The Kier molecular flexibility index (Phi) is 10.6. The van der Waals surface area contributed by atoms with Crippen LogP contribution in [0.15, 0.2) is 108 Å². The fourth-order valence-corrected chi connectivity index (χ4v) is 6.93. The summed E-state index contributed by atoms with van der Waals surface area (Å²) in [6.45, 7) is 9.82. The average molecular weight is 721 g/mol. The zero-order valence-corrected chi connectivity index (χ0v) is 31.0. The number of benzene rings is 4. The predicted molar refractivity (Wildman–Crippen MR) is 207 cm³/mol. The van der Waals surface area contributed by atoms with Gasteiger partial charge in [0.1, 0.15) is 24.5 Å². The number of ether oxygens (including phenoxy) is 1. The van der Waals surface area contributed by atoms with Gasteiger partial charge in [-0.1, -0.05) is 57.2 Å². The summed E-state index contributed by atoms with van der Waals surface area (Å²) in [5, 5.41) is 22.3. The highest BCUT2D eigenvalue weighted by Crippen LogP contribution is 2.36. The van der Waals surface area contributed by atoms with Gasteiger partial charge in [0, 0.05) is 56.9 Å². The van der Waals surface area contributed by atoms with Crippen molar-refractivity contribution in [2.24, 2.45) is 0 Å². The molecular formula is C39H41N6O4PS. The minimum Gasteiger partial charge on any atom is -0.438 e. The van der Waals surface area contributed by atoms with E-state index in [-0.39, 0.29) is 12.0 Å². The van der Waals surface area contributed by atoms with Crippen molar-refractivity contribution in [1.29, 1.82) is 0 Å². The molecule has 0 aliphatic carbocycles. The molecule has 10 nitrogen and oxygen atoms in total. The molecule has 0 radical (unpaired) electrons. The molecule has 51 heavy (non-hydrogen) atoms. The molecule has 0 atom stereocenters. The fourth-order valence-electron chi connectivity index (χ4n) is 5.41. The van der Waals surface area contributed by atoms with Crippen LogP contribution in [-0.4, -0.2) is 56.6 Å². The van der Waals surface area contributed by atoms with Gasteiger partial charge in [0.2, 0.25) is 5.88 Å². The van der Waals surface area contributed by atoms with Crippen LogP contribution in [0, 0.1) is 0 Å². The summed E-state index contributed by atoms with van der Waals surface area (Å²) in [6, 6.07) is 30.0. The van der Waals surface area contributed by atoms with Crippen LogP contribution in [-0.2, 0) is 16.4 Å². The average Bonchev–Trinajstić information content (AvgIpc) is 3.53. The van der Waals surface area contributed by atoms with Crippen molar-refractivity contribution in [2.75, 3.05) is 36.3 Å². The number of carbonyl (C=O) groups excluding carboxylic acids is 1. The van der Waals surface area contributed by atoms with Gasteiger partial charge >= 0.3 is 6.03 Å². The number of thioether (sulfide) groups is 1. The Morgan fingerprint density at radius 3 is 2.33 bits per heavy atom. The van der Waals surface area contributed by atoms with Crippen molar-refractivity contribution in [2.45, 2.75) is 37.5 Å². The Labute approximate surface area is 302 Å². The van der Waals surface area contributed by atoms with Gasteiger partial charge < -0.3 is 19.7 Å². The molecule has 3 N–H and O–H groups in total. The van der Waals surface area contributed by atoms with Crippen molar-refractivity contribution in [3.8, 4) is 17.3 Å². The third-order valence-electron chi connectivity index (χ3n) is 8.11. The number of hydrogen-bond acceptors (Lipinski definition) is 8. The minimum atomic E-state index is -2.42. The lowest BCUT2D eigenvalue weighted by atomic mass is 9.92. The molecule has 12 heteroatoms. The number of aromatic nitrogens is 4. The minimum absolute atomic E-state index is 0.143. The van der Waals surface area contributed by atoms with Gasteiger partial charge in [-0.2, -0.15) is 10.1 Å². The number of rotatable bonds is 11. The summed E-state index contributed by atoms with van der Waals surface area (Å²) < 4.78 is 20.6. The summed E-state index contributed by atoms with van der Waals surface area (Å²) in [5.74, 6) is 2.79. The van der Waals surface area contributed by atoms with E-state index in [2.05, 4.69) is 41.4 Å². The van der Waals surface area contributed by atoms with Crippen molar-refractivity contribution >= 4 is 52.5 Å². The van der Waals surface area contributed by atoms with Crippen molar-refractivity contribution in [3.05, 3.63) is 120 Å². The van der Waals surface area contributed by atoms with Crippen LogP contribution in [0.4, 0.5) is 16.3 Å². The van der Waals surface area contributed by atoms with E-state index in [0.717, 1.165) is 37.9 Å². The van der Waals surface area contributed by atoms with E-state index in [1.807, 2.05) is 84.9 Å². The standard InChI is InChI=1S/C39H41N6O4PS/c1-39(2,3)34-25-36(45(44-34)27-12-14-28(15-13-27)50(4,5)48)43-38(47)41-32-18-19-33(31-9-7-6-8-30(31)32)49-37-20-21-40-35(42-37)24-26-10-16-29(17-11-26)51-23-22-46/h6-21,25,46H,22-24H2,1-5H3,(H2,41,43,47). The van der Waals surface area contributed by atoms with E-state index in [9.17, 15) is 9.36 Å². The fraction of sp³-hybridized carbons (Fsp3) is 0.231. The van der Waals surface area contributed by atoms with Gasteiger partial charge in [0.15, 0.2) is 0 Å². The first-order valence-corrected chi connectivity index (χ1v) is 20.1. The Balaban J connectivity index is 1.20. The molecule has 6 rings (SSSR count). The summed E-state index contributed by atoms with van der Waals surface area (Å²) in [5.41, 5.74) is 2.96. The molecule has 0 spiro atoms. The quantitative estimate of drug-likeness (QED) is 0.0898. The normalized spacial score (nSPS) is 11.8. The van der Waals surface area contributed by atoms with E-state index >= 15 is 0 Å². The van der Waals surface area contributed by atoms with Crippen LogP contribution in [0.5, 0.6) is 11.6 Å². The number of amides is 2. The SMILES string of the molecule is CC(C)(C)c1cc(NC(=O)Nc2ccc(Oc3ccnc(Cc4ccc(SCCO)cc4)n3)c3ccccc23)n(-c2ccc(P(C)(C)=O)cc2)n1. The number of aliphatic hydroxyl groups excluding tert-OH is 1. The lowest BCUT2D eigenvalue weighted by Gasteiger charge is -2.14. The molecule has 0 saturated carbocycles. The first kappa shape index (κ1) is 35.9. The molecule has 2 aromatic heterocycles. The first-order valence-electron chi connectivity index (χ1n) is 16.6. The number of carbonyl (C=O) groups is 1. The van der Waals surface area contributed by atoms with Gasteiger partial charge in [-0.25, -0.2) is 14.5 Å². The van der Waals surface area contributed by atoms with Gasteiger partial charge in [-0.15, -0.1) is 11.8 Å². The molecule has 0 bridgehead atoms. The largest absolute Gasteiger partial charge is 0.438 e. The number of hydrogen-bond donors (Lipinski definition) is 3. The zero-order valence-electron chi connectivity index (χ0n) is 29.3. The Bertz CT molecular complexity index is 2210. The Morgan fingerprint density at radius 2 is 1.65 bits per heavy atom. The molecule has 0 fully saturated rings. The highest BCUT2D eigenvalue weighted by atomic mass is 32.2. The van der Waals surface area contributed by atoms with Crippen molar-refractivity contribution in [3.63, 3.8) is 0 Å². The van der Waals surface area contributed by atoms with Crippen LogP contribution in [0.25, 0.3) is 16.5 Å². The number of nitrogens with zero attached hydrogens (tertiary/aromatic N) is 4. The van der Waals surface area contributed by atoms with Gasteiger partial charge in [0.05, 0.1) is 23.7 Å². The van der Waals surface area contributed by atoms with E-state index < -0.39 is 13.2 Å². The predicted octanol–water partition coefficient (Wildman–Crippen LogP) is 8.47. The smallest absolute Gasteiger partial charge is 0.324 e. The van der Waals surface area contributed by atoms with E-state index in [1.54, 1.807) is 48.1 Å². The monoisotopic (exact) mass is 720 g/mol. The van der Waals surface area contributed by atoms with Crippen LogP contribution in [0.3, 0.4) is 0 Å². The highest BCUT2D eigenvalue weighted by molar-refractivity contribution is 7.99. The third kappa shape index (κ3) is 8.86. The summed E-state index contributed by atoms with van der Waals surface area (Å²) >= 11 is 1.61. The van der Waals surface area contributed by atoms with E-state index in [1.165, 1.54) is 0 Å². The summed E-state index contributed by atoms with van der Waals surface area (Å²) in [6.07, 6.45) is 2.23. The number of nitrogens with one attached hydrogen (secondary N) is 2. The van der Waals surface area contributed by atoms with Gasteiger partial charge in [-0.3, -0.25) is 5.32 Å². The molecule has 0 aliphatic heterocycles. The maximum atomic E-state index is 13.5. The maximum absolute atomic E-state index is 13.5. The van der Waals surface area contributed by atoms with E-state index in [4.69, 9.17) is 14.9 Å². The summed E-state index contributed by atoms with van der Waals surface area (Å²) in [7, 11) is -2.42. The topological polar surface area (TPSA) is 131 Å². The second kappa shape index (κ2) is 15.1. The first-order chi connectivity index (χ1) is 24.4. The second-order valence-corrected chi connectivity index (χ2v) is 17.9. The summed E-state index contributed by atoms with van der Waals surface area (Å²) in [4.78, 5) is 23.7.